The molecule has 2 N–H and O–H groups in total. The number of hydrogen-bond donors (Lipinski definition) is 2. The van der Waals surface area contributed by atoms with Crippen LogP contribution in [0.15, 0.2) is 11.1 Å². The third-order valence-electron chi connectivity index (χ3n) is 2.56. The Hall–Kier alpha value is -1.03. The van der Waals surface area contributed by atoms with Gasteiger partial charge in [-0.1, -0.05) is 12.0 Å². The summed E-state index contributed by atoms with van der Waals surface area (Å²) in [6, 6.07) is 0. The number of carbonyl (C=O) groups is 2. The van der Waals surface area contributed by atoms with Crippen molar-refractivity contribution in [3.63, 3.8) is 0 Å². The molecule has 0 aromatic rings. The first-order chi connectivity index (χ1) is 7.91. The van der Waals surface area contributed by atoms with E-state index in [4.69, 9.17) is 21.8 Å². The minimum absolute atomic E-state index is 0.500. The number of halogens is 1. The minimum Gasteiger partial charge on any atom is -0.480 e. The molecule has 0 atom stereocenters. The van der Waals surface area contributed by atoms with Crippen LogP contribution in [0.4, 0.5) is 0 Å². The van der Waals surface area contributed by atoms with E-state index in [1.54, 1.807) is 13.8 Å². The van der Waals surface area contributed by atoms with Gasteiger partial charge in [0.15, 0.2) is 5.92 Å². The van der Waals surface area contributed by atoms with Crippen molar-refractivity contribution < 1.29 is 19.8 Å². The van der Waals surface area contributed by atoms with Gasteiger partial charge in [0.2, 0.25) is 0 Å². The molecule has 0 spiro atoms. The number of hydrogen-bond acceptors (Lipinski definition) is 2. The van der Waals surface area contributed by atoms with E-state index >= 15 is 0 Å². The molecule has 0 amide bonds. The summed E-state index contributed by atoms with van der Waals surface area (Å²) in [6.07, 6.45) is 3.02. The molecule has 0 aliphatic rings. The van der Waals surface area contributed by atoms with E-state index in [9.17, 15) is 9.59 Å². The second-order valence-corrected chi connectivity index (χ2v) is 4.51. The van der Waals surface area contributed by atoms with Gasteiger partial charge >= 0.3 is 11.9 Å². The number of alkyl halides is 1. The van der Waals surface area contributed by atoms with E-state index in [-0.39, 0.29) is 0 Å². The van der Waals surface area contributed by atoms with E-state index in [1.807, 2.05) is 0 Å². The topological polar surface area (TPSA) is 74.6 Å². The molecule has 0 aromatic carbocycles. The Bertz CT molecular complexity index is 292. The summed E-state index contributed by atoms with van der Waals surface area (Å²) >= 11 is 5.54. The van der Waals surface area contributed by atoms with Crippen LogP contribution in [0, 0.1) is 5.92 Å². The maximum atomic E-state index is 10.9. The average Bonchev–Trinajstić information content (AvgIpc) is 2.20. The number of carboxylic acid groups (broad SMARTS) is 2. The Morgan fingerprint density at radius 1 is 1.06 bits per heavy atom. The second kappa shape index (κ2) is 8.12. The zero-order valence-corrected chi connectivity index (χ0v) is 11.0. The lowest BCUT2D eigenvalue weighted by Crippen LogP contribution is -2.26. The molecule has 0 unspecified atom stereocenters. The van der Waals surface area contributed by atoms with E-state index in [2.05, 4.69) is 0 Å². The Morgan fingerprint density at radius 3 is 1.94 bits per heavy atom. The lowest BCUT2D eigenvalue weighted by Gasteiger charge is -2.14. The Labute approximate surface area is 106 Å². The summed E-state index contributed by atoms with van der Waals surface area (Å²) in [4.78, 5) is 21.9. The van der Waals surface area contributed by atoms with E-state index in [0.29, 0.717) is 17.9 Å². The van der Waals surface area contributed by atoms with Crippen LogP contribution in [0.25, 0.3) is 0 Å². The Balaban J connectivity index is 4.68. The largest absolute Gasteiger partial charge is 0.480 e. The Kier molecular flexibility index (Phi) is 7.63. The fourth-order valence-electron chi connectivity index (χ4n) is 1.67. The minimum atomic E-state index is -1.42. The van der Waals surface area contributed by atoms with Crippen LogP contribution >= 0.6 is 11.6 Å². The van der Waals surface area contributed by atoms with Gasteiger partial charge in [-0.2, -0.15) is 0 Å². The van der Waals surface area contributed by atoms with Crippen molar-refractivity contribution in [1.29, 1.82) is 0 Å². The summed E-state index contributed by atoms with van der Waals surface area (Å²) in [6.45, 7) is 3.49. The predicted molar refractivity (Wildman–Crippen MR) is 66.3 cm³/mol. The van der Waals surface area contributed by atoms with Gasteiger partial charge < -0.3 is 10.2 Å². The second-order valence-electron chi connectivity index (χ2n) is 4.13. The molecule has 0 aliphatic carbocycles. The molecule has 5 heteroatoms. The van der Waals surface area contributed by atoms with Crippen LogP contribution in [0.3, 0.4) is 0 Å². The SMILES string of the molecule is CC(C)=C(CCCCCCl)C(C(=O)O)C(=O)O. The lowest BCUT2D eigenvalue weighted by atomic mass is 9.90. The Morgan fingerprint density at radius 2 is 1.59 bits per heavy atom. The fraction of sp³-hybridized carbons (Fsp3) is 0.667. The molecular formula is C12H19ClO4. The van der Waals surface area contributed by atoms with E-state index in [0.717, 1.165) is 24.8 Å². The van der Waals surface area contributed by atoms with Gasteiger partial charge in [-0.15, -0.1) is 11.6 Å². The standard InChI is InChI=1S/C12H19ClO4/c1-8(2)9(6-4-3-5-7-13)10(11(14)15)12(16)17/h10H,3-7H2,1-2H3,(H,14,15)(H,16,17). The van der Waals surface area contributed by atoms with Gasteiger partial charge in [0.25, 0.3) is 0 Å². The molecule has 0 radical (unpaired) electrons. The fourth-order valence-corrected chi connectivity index (χ4v) is 1.86. The van der Waals surface area contributed by atoms with Crippen LogP contribution in [0.1, 0.15) is 39.5 Å². The molecule has 0 aromatic heterocycles. The van der Waals surface area contributed by atoms with Crippen molar-refractivity contribution in [2.45, 2.75) is 39.5 Å². The zero-order chi connectivity index (χ0) is 13.4. The van der Waals surface area contributed by atoms with Crippen LogP contribution < -0.4 is 0 Å². The zero-order valence-electron chi connectivity index (χ0n) is 10.2. The summed E-state index contributed by atoms with van der Waals surface area (Å²) in [5, 5.41) is 17.9. The summed E-state index contributed by atoms with van der Waals surface area (Å²) in [7, 11) is 0. The molecule has 0 aliphatic heterocycles. The van der Waals surface area contributed by atoms with Crippen LogP contribution in [0.5, 0.6) is 0 Å². The monoisotopic (exact) mass is 262 g/mol. The van der Waals surface area contributed by atoms with Gasteiger partial charge in [0.1, 0.15) is 0 Å². The van der Waals surface area contributed by atoms with Crippen molar-refractivity contribution in [2.24, 2.45) is 5.92 Å². The first-order valence-corrected chi connectivity index (χ1v) is 6.13. The molecule has 98 valence electrons. The van der Waals surface area contributed by atoms with Gasteiger partial charge in [-0.3, -0.25) is 9.59 Å². The number of allylic oxidation sites excluding steroid dienone is 1. The number of rotatable bonds is 8. The smallest absolute Gasteiger partial charge is 0.322 e. The van der Waals surface area contributed by atoms with Gasteiger partial charge in [-0.25, -0.2) is 0 Å². The van der Waals surface area contributed by atoms with Gasteiger partial charge in [0.05, 0.1) is 0 Å². The molecule has 0 saturated heterocycles. The van der Waals surface area contributed by atoms with Crippen molar-refractivity contribution in [1.82, 2.24) is 0 Å². The van der Waals surface area contributed by atoms with Crippen LogP contribution in [0.2, 0.25) is 0 Å². The molecular weight excluding hydrogens is 244 g/mol. The molecule has 0 fully saturated rings. The highest BCUT2D eigenvalue weighted by Crippen LogP contribution is 2.23. The van der Waals surface area contributed by atoms with Crippen molar-refractivity contribution in [2.75, 3.05) is 5.88 Å². The average molecular weight is 263 g/mol. The first-order valence-electron chi connectivity index (χ1n) is 5.59. The first kappa shape index (κ1) is 16.0. The normalized spacial score (nSPS) is 10.4. The summed E-state index contributed by atoms with van der Waals surface area (Å²) in [5.41, 5.74) is 1.27. The van der Waals surface area contributed by atoms with Crippen molar-refractivity contribution in [3.05, 3.63) is 11.1 Å². The highest BCUT2D eigenvalue weighted by molar-refractivity contribution is 6.17. The van der Waals surface area contributed by atoms with E-state index < -0.39 is 17.9 Å². The number of aliphatic carboxylic acids is 2. The van der Waals surface area contributed by atoms with Gasteiger partial charge in [-0.05, 0) is 38.7 Å². The van der Waals surface area contributed by atoms with Crippen molar-refractivity contribution in [3.8, 4) is 0 Å². The highest BCUT2D eigenvalue weighted by atomic mass is 35.5. The summed E-state index contributed by atoms with van der Waals surface area (Å²) in [5.74, 6) is -3.45. The van der Waals surface area contributed by atoms with E-state index in [1.165, 1.54) is 0 Å². The number of unbranched alkanes of at least 4 members (excludes halogenated alkanes) is 2. The summed E-state index contributed by atoms with van der Waals surface area (Å²) < 4.78 is 0. The van der Waals surface area contributed by atoms with Crippen LogP contribution in [-0.4, -0.2) is 28.0 Å². The molecule has 4 nitrogen and oxygen atoms in total. The highest BCUT2D eigenvalue weighted by Gasteiger charge is 2.30. The lowest BCUT2D eigenvalue weighted by molar-refractivity contribution is -0.152. The number of carboxylic acids is 2. The molecule has 0 heterocycles. The quantitative estimate of drug-likeness (QED) is 0.305. The van der Waals surface area contributed by atoms with Crippen LogP contribution in [-0.2, 0) is 9.59 Å². The molecule has 17 heavy (non-hydrogen) atoms. The van der Waals surface area contributed by atoms with Crippen molar-refractivity contribution >= 4 is 23.5 Å². The molecule has 0 rings (SSSR count). The third kappa shape index (κ3) is 5.73. The molecule has 0 bridgehead atoms. The van der Waals surface area contributed by atoms with Gasteiger partial charge in [0, 0.05) is 5.88 Å². The maximum absolute atomic E-state index is 10.9. The maximum Gasteiger partial charge on any atom is 0.322 e. The molecule has 0 saturated carbocycles. The third-order valence-corrected chi connectivity index (χ3v) is 2.83. The predicted octanol–water partition coefficient (Wildman–Crippen LogP) is 2.91.